The smallest absolute Gasteiger partial charge is 0.282 e. The van der Waals surface area contributed by atoms with Crippen LogP contribution in [0.15, 0.2) is 78.5 Å². The SMILES string of the molecule is CCOc1ccccc1NC1=C(c2ccc(Cl)cc2)C(=O)N(c2ccc(C)cc2)C1=O. The maximum atomic E-state index is 13.4. The van der Waals surface area contributed by atoms with E-state index < -0.39 is 11.8 Å². The molecule has 0 bridgehead atoms. The van der Waals surface area contributed by atoms with Crippen LogP contribution in [0.5, 0.6) is 5.75 Å². The molecule has 0 unspecified atom stereocenters. The van der Waals surface area contributed by atoms with Crippen molar-refractivity contribution in [3.8, 4) is 5.75 Å². The van der Waals surface area contributed by atoms with Gasteiger partial charge >= 0.3 is 0 Å². The molecule has 0 saturated heterocycles. The molecular formula is C25H21ClN2O3. The number of carbonyl (C=O) groups excluding carboxylic acids is 2. The lowest BCUT2D eigenvalue weighted by molar-refractivity contribution is -0.120. The number of nitrogens with one attached hydrogen (secondary N) is 1. The van der Waals surface area contributed by atoms with Gasteiger partial charge in [-0.3, -0.25) is 9.59 Å². The number of carbonyl (C=O) groups is 2. The van der Waals surface area contributed by atoms with Crippen molar-refractivity contribution in [2.24, 2.45) is 0 Å². The third-order valence-electron chi connectivity index (χ3n) is 4.96. The molecule has 0 aromatic heterocycles. The summed E-state index contributed by atoms with van der Waals surface area (Å²) < 4.78 is 5.68. The Balaban J connectivity index is 1.82. The molecule has 1 aliphatic heterocycles. The molecule has 0 saturated carbocycles. The largest absolute Gasteiger partial charge is 0.492 e. The third-order valence-corrected chi connectivity index (χ3v) is 5.21. The number of rotatable bonds is 6. The normalized spacial score (nSPS) is 13.7. The predicted molar refractivity (Wildman–Crippen MR) is 123 cm³/mol. The molecule has 0 atom stereocenters. The quantitative estimate of drug-likeness (QED) is 0.526. The number of amides is 2. The predicted octanol–water partition coefficient (Wildman–Crippen LogP) is 5.44. The summed E-state index contributed by atoms with van der Waals surface area (Å²) in [4.78, 5) is 28.1. The second-order valence-electron chi connectivity index (χ2n) is 7.09. The lowest BCUT2D eigenvalue weighted by Crippen LogP contribution is -2.32. The van der Waals surface area contributed by atoms with Crippen molar-refractivity contribution >= 4 is 40.4 Å². The number of hydrogen-bond acceptors (Lipinski definition) is 4. The first-order chi connectivity index (χ1) is 15.0. The number of hydrogen-bond donors (Lipinski definition) is 1. The summed E-state index contributed by atoms with van der Waals surface area (Å²) in [5, 5.41) is 3.71. The van der Waals surface area contributed by atoms with Crippen LogP contribution >= 0.6 is 11.6 Å². The summed E-state index contributed by atoms with van der Waals surface area (Å²) >= 11 is 6.03. The summed E-state index contributed by atoms with van der Waals surface area (Å²) in [5.74, 6) is -0.223. The van der Waals surface area contributed by atoms with E-state index in [9.17, 15) is 9.59 Å². The average molecular weight is 433 g/mol. The molecule has 1 heterocycles. The summed E-state index contributed by atoms with van der Waals surface area (Å²) in [6.45, 7) is 4.31. The van der Waals surface area contributed by atoms with E-state index in [1.165, 1.54) is 4.90 Å². The number of anilines is 2. The molecule has 1 N–H and O–H groups in total. The highest BCUT2D eigenvalue weighted by molar-refractivity contribution is 6.46. The standard InChI is InChI=1S/C25H21ClN2O3/c1-3-31-21-7-5-4-6-20(21)27-23-22(17-10-12-18(26)13-11-17)24(29)28(25(23)30)19-14-8-16(2)9-15-19/h4-15,27H,3H2,1-2H3. The van der Waals surface area contributed by atoms with Crippen molar-refractivity contribution in [3.63, 3.8) is 0 Å². The van der Waals surface area contributed by atoms with Crippen LogP contribution in [0.3, 0.4) is 0 Å². The van der Waals surface area contributed by atoms with E-state index in [0.717, 1.165) is 5.56 Å². The lowest BCUT2D eigenvalue weighted by Gasteiger charge is -2.16. The Morgan fingerprint density at radius 3 is 2.26 bits per heavy atom. The first kappa shape index (κ1) is 20.7. The molecule has 3 aromatic rings. The van der Waals surface area contributed by atoms with Crippen molar-refractivity contribution in [1.29, 1.82) is 0 Å². The summed E-state index contributed by atoms with van der Waals surface area (Å²) in [5.41, 5.74) is 3.25. The Kier molecular flexibility index (Phi) is 5.78. The van der Waals surface area contributed by atoms with Crippen LogP contribution in [0.25, 0.3) is 5.57 Å². The topological polar surface area (TPSA) is 58.6 Å². The molecule has 1 aliphatic rings. The van der Waals surface area contributed by atoms with Gasteiger partial charge in [0, 0.05) is 5.02 Å². The monoisotopic (exact) mass is 432 g/mol. The fourth-order valence-corrected chi connectivity index (χ4v) is 3.57. The molecule has 31 heavy (non-hydrogen) atoms. The molecule has 0 radical (unpaired) electrons. The number of aryl methyl sites for hydroxylation is 1. The van der Waals surface area contributed by atoms with Crippen molar-refractivity contribution in [1.82, 2.24) is 0 Å². The Morgan fingerprint density at radius 2 is 1.58 bits per heavy atom. The van der Waals surface area contributed by atoms with Crippen LogP contribution < -0.4 is 15.0 Å². The van der Waals surface area contributed by atoms with E-state index in [4.69, 9.17) is 16.3 Å². The van der Waals surface area contributed by atoms with Gasteiger partial charge in [0.05, 0.1) is 23.6 Å². The fourth-order valence-electron chi connectivity index (χ4n) is 3.44. The second kappa shape index (κ2) is 8.66. The Morgan fingerprint density at radius 1 is 0.903 bits per heavy atom. The molecular weight excluding hydrogens is 412 g/mol. The van der Waals surface area contributed by atoms with Crippen LogP contribution in [-0.4, -0.2) is 18.4 Å². The van der Waals surface area contributed by atoms with Crippen LogP contribution in [0.4, 0.5) is 11.4 Å². The number of imide groups is 1. The zero-order chi connectivity index (χ0) is 22.0. The van der Waals surface area contributed by atoms with Gasteiger partial charge in [-0.05, 0) is 55.8 Å². The van der Waals surface area contributed by atoms with E-state index >= 15 is 0 Å². The highest BCUT2D eigenvalue weighted by atomic mass is 35.5. The van der Waals surface area contributed by atoms with Gasteiger partial charge in [0.15, 0.2) is 0 Å². The van der Waals surface area contributed by atoms with Crippen molar-refractivity contribution in [2.45, 2.75) is 13.8 Å². The van der Waals surface area contributed by atoms with Crippen molar-refractivity contribution in [3.05, 3.63) is 94.6 Å². The van der Waals surface area contributed by atoms with Crippen molar-refractivity contribution in [2.75, 3.05) is 16.8 Å². The van der Waals surface area contributed by atoms with E-state index in [1.54, 1.807) is 36.4 Å². The van der Waals surface area contributed by atoms with E-state index in [0.29, 0.717) is 34.3 Å². The molecule has 3 aromatic carbocycles. The first-order valence-electron chi connectivity index (χ1n) is 9.94. The zero-order valence-corrected chi connectivity index (χ0v) is 17.9. The summed E-state index contributed by atoms with van der Waals surface area (Å²) in [6.07, 6.45) is 0. The minimum absolute atomic E-state index is 0.194. The molecule has 0 fully saturated rings. The highest BCUT2D eigenvalue weighted by Gasteiger charge is 2.40. The van der Waals surface area contributed by atoms with Gasteiger partial charge in [-0.2, -0.15) is 0 Å². The third kappa shape index (κ3) is 4.05. The fraction of sp³-hybridized carbons (Fsp3) is 0.120. The Bertz CT molecular complexity index is 1170. The van der Waals surface area contributed by atoms with Crippen LogP contribution in [0.2, 0.25) is 5.02 Å². The molecule has 2 amide bonds. The molecule has 156 valence electrons. The second-order valence-corrected chi connectivity index (χ2v) is 7.53. The number of benzene rings is 3. The van der Waals surface area contributed by atoms with Gasteiger partial charge in [0.2, 0.25) is 0 Å². The molecule has 0 spiro atoms. The number of ether oxygens (including phenoxy) is 1. The van der Waals surface area contributed by atoms with E-state index in [2.05, 4.69) is 5.32 Å². The van der Waals surface area contributed by atoms with Crippen molar-refractivity contribution < 1.29 is 14.3 Å². The van der Waals surface area contributed by atoms with Gasteiger partial charge in [-0.15, -0.1) is 0 Å². The lowest BCUT2D eigenvalue weighted by atomic mass is 10.0. The van der Waals surface area contributed by atoms with Gasteiger partial charge < -0.3 is 10.1 Å². The molecule has 0 aliphatic carbocycles. The molecule has 5 nitrogen and oxygen atoms in total. The Labute approximate surface area is 185 Å². The van der Waals surface area contributed by atoms with Crippen LogP contribution in [0.1, 0.15) is 18.1 Å². The van der Waals surface area contributed by atoms with Crippen LogP contribution in [0, 0.1) is 6.92 Å². The van der Waals surface area contributed by atoms with Gasteiger partial charge in [0.25, 0.3) is 11.8 Å². The highest BCUT2D eigenvalue weighted by Crippen LogP contribution is 2.36. The first-order valence-corrected chi connectivity index (χ1v) is 10.3. The van der Waals surface area contributed by atoms with E-state index in [-0.39, 0.29) is 11.3 Å². The summed E-state index contributed by atoms with van der Waals surface area (Å²) in [7, 11) is 0. The molecule has 6 heteroatoms. The Hall–Kier alpha value is -3.57. The van der Waals surface area contributed by atoms with Gasteiger partial charge in [0.1, 0.15) is 11.4 Å². The average Bonchev–Trinajstić information content (AvgIpc) is 3.01. The maximum Gasteiger partial charge on any atom is 0.282 e. The number of nitrogens with zero attached hydrogens (tertiary/aromatic N) is 1. The van der Waals surface area contributed by atoms with Gasteiger partial charge in [-0.25, -0.2) is 4.90 Å². The maximum absolute atomic E-state index is 13.4. The number of para-hydroxylation sites is 2. The number of halogens is 1. The zero-order valence-electron chi connectivity index (χ0n) is 17.2. The van der Waals surface area contributed by atoms with E-state index in [1.807, 2.05) is 50.2 Å². The van der Waals surface area contributed by atoms with Gasteiger partial charge in [-0.1, -0.05) is 53.6 Å². The molecule has 4 rings (SSSR count). The van der Waals surface area contributed by atoms with Crippen LogP contribution in [-0.2, 0) is 9.59 Å². The summed E-state index contributed by atoms with van der Waals surface area (Å²) in [6, 6.07) is 21.4. The minimum Gasteiger partial charge on any atom is -0.492 e. The minimum atomic E-state index is -0.426.